The van der Waals surface area contributed by atoms with E-state index >= 15 is 0 Å². The summed E-state index contributed by atoms with van der Waals surface area (Å²) < 4.78 is 5.81. The standard InChI is InChI=1S/C13H17NO2/c1-7-5-8(2)13-12(10(7)4)14-11(15)6-9(3)16-13/h5,9H,6H2,1-4H3,(H,14,15). The average Bonchev–Trinajstić information content (AvgIpc) is 2.33. The lowest BCUT2D eigenvalue weighted by Gasteiger charge is -2.17. The summed E-state index contributed by atoms with van der Waals surface area (Å²) in [5, 5.41) is 2.94. The van der Waals surface area contributed by atoms with Crippen molar-refractivity contribution in [3.05, 3.63) is 22.8 Å². The summed E-state index contributed by atoms with van der Waals surface area (Å²) >= 11 is 0. The minimum absolute atomic E-state index is 0.0272. The van der Waals surface area contributed by atoms with Gasteiger partial charge in [0.15, 0.2) is 0 Å². The lowest BCUT2D eigenvalue weighted by molar-refractivity contribution is -0.117. The maximum atomic E-state index is 11.6. The fourth-order valence-electron chi connectivity index (χ4n) is 2.06. The Morgan fingerprint density at radius 2 is 2.00 bits per heavy atom. The second-order valence-corrected chi connectivity index (χ2v) is 4.52. The van der Waals surface area contributed by atoms with Crippen molar-refractivity contribution in [2.45, 2.75) is 40.2 Å². The molecular weight excluding hydrogens is 202 g/mol. The van der Waals surface area contributed by atoms with E-state index in [9.17, 15) is 4.79 Å². The lowest BCUT2D eigenvalue weighted by Crippen LogP contribution is -2.17. The third-order valence-corrected chi connectivity index (χ3v) is 3.04. The molecule has 1 aromatic rings. The molecule has 0 spiro atoms. The van der Waals surface area contributed by atoms with Gasteiger partial charge in [-0.05, 0) is 44.4 Å². The van der Waals surface area contributed by atoms with Crippen LogP contribution in [0.2, 0.25) is 0 Å². The molecule has 3 nitrogen and oxygen atoms in total. The van der Waals surface area contributed by atoms with Crippen LogP contribution >= 0.6 is 0 Å². The van der Waals surface area contributed by atoms with Crippen molar-refractivity contribution in [3.63, 3.8) is 0 Å². The van der Waals surface area contributed by atoms with Gasteiger partial charge in [0.1, 0.15) is 11.9 Å². The number of aryl methyl sites for hydroxylation is 2. The fraction of sp³-hybridized carbons (Fsp3) is 0.462. The van der Waals surface area contributed by atoms with Gasteiger partial charge in [-0.2, -0.15) is 0 Å². The summed E-state index contributed by atoms with van der Waals surface area (Å²) in [6, 6.07) is 2.10. The number of ether oxygens (including phenoxy) is 1. The Bertz CT molecular complexity index is 452. The highest BCUT2D eigenvalue weighted by atomic mass is 16.5. The molecule has 0 aromatic heterocycles. The van der Waals surface area contributed by atoms with Gasteiger partial charge >= 0.3 is 0 Å². The lowest BCUT2D eigenvalue weighted by atomic mass is 10.0. The van der Waals surface area contributed by atoms with Gasteiger partial charge in [-0.1, -0.05) is 6.07 Å². The van der Waals surface area contributed by atoms with Crippen LogP contribution in [0.15, 0.2) is 6.07 Å². The average molecular weight is 219 g/mol. The largest absolute Gasteiger partial charge is 0.488 e. The number of hydrogen-bond donors (Lipinski definition) is 1. The Balaban J connectivity index is 2.60. The molecule has 16 heavy (non-hydrogen) atoms. The summed E-state index contributed by atoms with van der Waals surface area (Å²) in [5.74, 6) is 0.848. The van der Waals surface area contributed by atoms with E-state index in [1.807, 2.05) is 27.7 Å². The van der Waals surface area contributed by atoms with Crippen LogP contribution in [0.1, 0.15) is 30.0 Å². The summed E-state index contributed by atoms with van der Waals surface area (Å²) in [6.07, 6.45) is 0.342. The number of rotatable bonds is 0. The zero-order valence-corrected chi connectivity index (χ0v) is 10.2. The van der Waals surface area contributed by atoms with E-state index in [1.165, 1.54) is 5.56 Å². The number of fused-ring (bicyclic) bond motifs is 1. The van der Waals surface area contributed by atoms with Crippen LogP contribution < -0.4 is 10.1 Å². The van der Waals surface area contributed by atoms with Gasteiger partial charge in [0.25, 0.3) is 0 Å². The molecule has 2 rings (SSSR count). The first-order chi connectivity index (χ1) is 7.49. The molecule has 1 heterocycles. The molecule has 3 heteroatoms. The second-order valence-electron chi connectivity index (χ2n) is 4.52. The normalized spacial score (nSPS) is 19.5. The summed E-state index contributed by atoms with van der Waals surface area (Å²) in [7, 11) is 0. The van der Waals surface area contributed by atoms with Crippen LogP contribution in [-0.2, 0) is 4.79 Å². The second kappa shape index (κ2) is 3.81. The maximum Gasteiger partial charge on any atom is 0.228 e. The minimum atomic E-state index is -0.0675. The molecule has 1 aromatic carbocycles. The topological polar surface area (TPSA) is 38.3 Å². The maximum absolute atomic E-state index is 11.6. The van der Waals surface area contributed by atoms with Crippen LogP contribution in [0, 0.1) is 20.8 Å². The summed E-state index contributed by atoms with van der Waals surface area (Å²) in [5.41, 5.74) is 4.18. The first kappa shape index (κ1) is 11.0. The predicted molar refractivity (Wildman–Crippen MR) is 64.0 cm³/mol. The van der Waals surface area contributed by atoms with Gasteiger partial charge in [-0.3, -0.25) is 4.79 Å². The number of carbonyl (C=O) groups excluding carboxylic acids is 1. The molecule has 0 radical (unpaired) electrons. The van der Waals surface area contributed by atoms with E-state index in [2.05, 4.69) is 11.4 Å². The van der Waals surface area contributed by atoms with Crippen molar-refractivity contribution >= 4 is 11.6 Å². The van der Waals surface area contributed by atoms with Gasteiger partial charge in [-0.15, -0.1) is 0 Å². The van der Waals surface area contributed by atoms with Crippen LogP contribution in [0.4, 0.5) is 5.69 Å². The van der Waals surface area contributed by atoms with Gasteiger partial charge < -0.3 is 10.1 Å². The van der Waals surface area contributed by atoms with Gasteiger partial charge in [0.05, 0.1) is 12.1 Å². The SMILES string of the molecule is Cc1cc(C)c2c(c1C)NC(=O)CC(C)O2. The first-order valence-corrected chi connectivity index (χ1v) is 5.56. The van der Waals surface area contributed by atoms with Crippen molar-refractivity contribution in [1.82, 2.24) is 0 Å². The van der Waals surface area contributed by atoms with E-state index < -0.39 is 0 Å². The van der Waals surface area contributed by atoms with Gasteiger partial charge in [-0.25, -0.2) is 0 Å². The Hall–Kier alpha value is -1.51. The van der Waals surface area contributed by atoms with E-state index in [4.69, 9.17) is 4.74 Å². The number of hydrogen-bond acceptors (Lipinski definition) is 2. The monoisotopic (exact) mass is 219 g/mol. The Kier molecular flexibility index (Phi) is 2.62. The fourth-order valence-corrected chi connectivity index (χ4v) is 2.06. The van der Waals surface area contributed by atoms with E-state index in [1.54, 1.807) is 0 Å². The van der Waals surface area contributed by atoms with Crippen LogP contribution in [0.25, 0.3) is 0 Å². The number of anilines is 1. The van der Waals surface area contributed by atoms with Gasteiger partial charge in [0, 0.05) is 0 Å². The Labute approximate surface area is 95.8 Å². The molecule has 0 saturated heterocycles. The zero-order valence-electron chi connectivity index (χ0n) is 10.2. The van der Waals surface area contributed by atoms with E-state index in [0.717, 1.165) is 22.6 Å². The summed E-state index contributed by atoms with van der Waals surface area (Å²) in [4.78, 5) is 11.6. The van der Waals surface area contributed by atoms with Crippen molar-refractivity contribution in [2.24, 2.45) is 0 Å². The predicted octanol–water partition coefficient (Wildman–Crippen LogP) is 2.72. The number of nitrogens with one attached hydrogen (secondary N) is 1. The van der Waals surface area contributed by atoms with Crippen LogP contribution in [0.3, 0.4) is 0 Å². The minimum Gasteiger partial charge on any atom is -0.488 e. The highest BCUT2D eigenvalue weighted by Crippen LogP contribution is 2.36. The molecule has 1 aliphatic rings. The highest BCUT2D eigenvalue weighted by molar-refractivity contribution is 5.94. The third-order valence-electron chi connectivity index (χ3n) is 3.04. The molecular formula is C13H17NO2. The van der Waals surface area contributed by atoms with Crippen LogP contribution in [0.5, 0.6) is 5.75 Å². The first-order valence-electron chi connectivity index (χ1n) is 5.56. The third kappa shape index (κ3) is 1.77. The molecule has 0 saturated carbocycles. The van der Waals surface area contributed by atoms with Crippen LogP contribution in [-0.4, -0.2) is 12.0 Å². The Morgan fingerprint density at radius 1 is 1.31 bits per heavy atom. The molecule has 1 atom stereocenters. The zero-order chi connectivity index (χ0) is 11.9. The smallest absolute Gasteiger partial charge is 0.228 e. The van der Waals surface area contributed by atoms with Crippen molar-refractivity contribution in [1.29, 1.82) is 0 Å². The molecule has 0 aliphatic carbocycles. The van der Waals surface area contributed by atoms with Gasteiger partial charge in [0.2, 0.25) is 5.91 Å². The molecule has 1 N–H and O–H groups in total. The number of benzene rings is 1. The molecule has 1 amide bonds. The number of carbonyl (C=O) groups is 1. The van der Waals surface area contributed by atoms with Crippen molar-refractivity contribution < 1.29 is 9.53 Å². The number of amides is 1. The molecule has 0 fully saturated rings. The molecule has 86 valence electrons. The van der Waals surface area contributed by atoms with E-state index in [-0.39, 0.29) is 12.0 Å². The highest BCUT2D eigenvalue weighted by Gasteiger charge is 2.22. The van der Waals surface area contributed by atoms with Crippen molar-refractivity contribution in [3.8, 4) is 5.75 Å². The quantitative estimate of drug-likeness (QED) is 0.728. The Morgan fingerprint density at radius 3 is 2.69 bits per heavy atom. The molecule has 0 bridgehead atoms. The van der Waals surface area contributed by atoms with E-state index in [0.29, 0.717) is 6.42 Å². The molecule has 1 aliphatic heterocycles. The van der Waals surface area contributed by atoms with Crippen molar-refractivity contribution in [2.75, 3.05) is 5.32 Å². The summed E-state index contributed by atoms with van der Waals surface area (Å²) in [6.45, 7) is 7.98. The molecule has 1 unspecified atom stereocenters.